The number of carboxylic acid groups (broad SMARTS) is 1. The van der Waals surface area contributed by atoms with E-state index in [0.29, 0.717) is 0 Å². The lowest BCUT2D eigenvalue weighted by atomic mass is 10.1. The average Bonchev–Trinajstić information content (AvgIpc) is 2.63. The summed E-state index contributed by atoms with van der Waals surface area (Å²) >= 11 is 0. The zero-order valence-corrected chi connectivity index (χ0v) is 11.1. The van der Waals surface area contributed by atoms with Crippen molar-refractivity contribution in [1.82, 2.24) is 5.32 Å². The number of urea groups is 1. The molecule has 2 N–H and O–H groups in total. The SMILES string of the molecule is CC(CC(=O)O)NC(=O)N1c2ccccc2CC1C. The van der Waals surface area contributed by atoms with Crippen LogP contribution in [0.15, 0.2) is 24.3 Å². The van der Waals surface area contributed by atoms with Crippen molar-refractivity contribution in [2.75, 3.05) is 4.90 Å². The Kier molecular flexibility index (Phi) is 3.74. The fraction of sp³-hybridized carbons (Fsp3) is 0.429. The van der Waals surface area contributed by atoms with Crippen LogP contribution in [0.25, 0.3) is 0 Å². The van der Waals surface area contributed by atoms with Gasteiger partial charge in [-0.05, 0) is 31.9 Å². The van der Waals surface area contributed by atoms with Gasteiger partial charge in [0.15, 0.2) is 0 Å². The normalized spacial score (nSPS) is 18.8. The predicted molar refractivity (Wildman–Crippen MR) is 72.3 cm³/mol. The van der Waals surface area contributed by atoms with E-state index in [1.54, 1.807) is 11.8 Å². The monoisotopic (exact) mass is 262 g/mol. The summed E-state index contributed by atoms with van der Waals surface area (Å²) < 4.78 is 0. The first-order valence-corrected chi connectivity index (χ1v) is 6.38. The molecule has 19 heavy (non-hydrogen) atoms. The summed E-state index contributed by atoms with van der Waals surface area (Å²) in [6.45, 7) is 3.68. The van der Waals surface area contributed by atoms with Gasteiger partial charge in [-0.2, -0.15) is 0 Å². The molecule has 1 heterocycles. The number of fused-ring (bicyclic) bond motifs is 1. The molecule has 0 saturated carbocycles. The zero-order chi connectivity index (χ0) is 14.0. The van der Waals surface area contributed by atoms with Crippen molar-refractivity contribution >= 4 is 17.7 Å². The Morgan fingerprint density at radius 3 is 2.84 bits per heavy atom. The van der Waals surface area contributed by atoms with Gasteiger partial charge in [-0.15, -0.1) is 0 Å². The minimum absolute atomic E-state index is 0.0738. The van der Waals surface area contributed by atoms with Crippen LogP contribution in [0.5, 0.6) is 0 Å². The van der Waals surface area contributed by atoms with Gasteiger partial charge in [0.25, 0.3) is 0 Å². The molecule has 102 valence electrons. The number of aliphatic carboxylic acids is 1. The molecule has 0 saturated heterocycles. The Morgan fingerprint density at radius 2 is 2.16 bits per heavy atom. The molecule has 0 aromatic heterocycles. The molecule has 1 aliphatic heterocycles. The largest absolute Gasteiger partial charge is 0.481 e. The first-order valence-electron chi connectivity index (χ1n) is 6.38. The maximum absolute atomic E-state index is 12.2. The molecule has 1 aromatic rings. The molecule has 2 unspecified atom stereocenters. The third kappa shape index (κ3) is 2.86. The summed E-state index contributed by atoms with van der Waals surface area (Å²) in [6.07, 6.45) is 0.756. The second-order valence-electron chi connectivity index (χ2n) is 5.00. The molecular weight excluding hydrogens is 244 g/mol. The lowest BCUT2D eigenvalue weighted by Gasteiger charge is -2.25. The fourth-order valence-corrected chi connectivity index (χ4v) is 2.47. The zero-order valence-electron chi connectivity index (χ0n) is 11.1. The van der Waals surface area contributed by atoms with Crippen LogP contribution >= 0.6 is 0 Å². The number of amides is 2. The Hall–Kier alpha value is -2.04. The summed E-state index contributed by atoms with van der Waals surface area (Å²) in [6, 6.07) is 7.27. The van der Waals surface area contributed by atoms with Crippen LogP contribution in [-0.2, 0) is 11.2 Å². The number of hydrogen-bond donors (Lipinski definition) is 2. The van der Waals surface area contributed by atoms with Crippen molar-refractivity contribution in [3.8, 4) is 0 Å². The molecule has 0 radical (unpaired) electrons. The fourth-order valence-electron chi connectivity index (χ4n) is 2.47. The van der Waals surface area contributed by atoms with Gasteiger partial charge in [0.05, 0.1) is 6.42 Å². The summed E-state index contributed by atoms with van der Waals surface area (Å²) in [5.74, 6) is -0.914. The van der Waals surface area contributed by atoms with Crippen molar-refractivity contribution in [3.05, 3.63) is 29.8 Å². The molecule has 5 heteroatoms. The Morgan fingerprint density at radius 1 is 1.47 bits per heavy atom. The number of hydrogen-bond acceptors (Lipinski definition) is 2. The van der Waals surface area contributed by atoms with Crippen LogP contribution in [0.2, 0.25) is 0 Å². The molecule has 0 aliphatic carbocycles. The number of anilines is 1. The van der Waals surface area contributed by atoms with Gasteiger partial charge >= 0.3 is 12.0 Å². The van der Waals surface area contributed by atoms with Crippen LogP contribution in [-0.4, -0.2) is 29.2 Å². The van der Waals surface area contributed by atoms with Crippen LogP contribution < -0.4 is 10.2 Å². The molecule has 5 nitrogen and oxygen atoms in total. The van der Waals surface area contributed by atoms with E-state index >= 15 is 0 Å². The highest BCUT2D eigenvalue weighted by Crippen LogP contribution is 2.31. The Balaban J connectivity index is 2.09. The number of benzene rings is 1. The first-order chi connectivity index (χ1) is 8.99. The lowest BCUT2D eigenvalue weighted by Crippen LogP contribution is -2.47. The van der Waals surface area contributed by atoms with Gasteiger partial charge in [0, 0.05) is 17.8 Å². The van der Waals surface area contributed by atoms with Crippen molar-refractivity contribution in [3.63, 3.8) is 0 Å². The second kappa shape index (κ2) is 5.30. The molecule has 2 atom stereocenters. The number of carbonyl (C=O) groups is 2. The van der Waals surface area contributed by atoms with E-state index in [1.165, 1.54) is 0 Å². The standard InChI is InChI=1S/C14H18N2O3/c1-9(7-13(17)18)15-14(19)16-10(2)8-11-5-3-4-6-12(11)16/h3-6,9-10H,7-8H2,1-2H3,(H,15,19)(H,17,18). The number of nitrogens with one attached hydrogen (secondary N) is 1. The van der Waals surface area contributed by atoms with Crippen LogP contribution in [0.3, 0.4) is 0 Å². The number of rotatable bonds is 3. The van der Waals surface area contributed by atoms with Crippen LogP contribution in [0.4, 0.5) is 10.5 Å². The smallest absolute Gasteiger partial charge is 0.322 e. The Labute approximate surface area is 112 Å². The molecule has 0 fully saturated rings. The third-order valence-corrected chi connectivity index (χ3v) is 3.28. The summed E-state index contributed by atoms with van der Waals surface area (Å²) in [5, 5.41) is 11.4. The van der Waals surface area contributed by atoms with E-state index in [2.05, 4.69) is 5.32 Å². The van der Waals surface area contributed by atoms with E-state index in [1.807, 2.05) is 31.2 Å². The van der Waals surface area contributed by atoms with E-state index in [0.717, 1.165) is 17.7 Å². The van der Waals surface area contributed by atoms with Gasteiger partial charge in [0.2, 0.25) is 0 Å². The first kappa shape index (κ1) is 13.4. The molecule has 2 amide bonds. The number of para-hydroxylation sites is 1. The van der Waals surface area contributed by atoms with Crippen molar-refractivity contribution in [2.24, 2.45) is 0 Å². The average molecular weight is 262 g/mol. The molecular formula is C14H18N2O3. The third-order valence-electron chi connectivity index (χ3n) is 3.28. The second-order valence-corrected chi connectivity index (χ2v) is 5.00. The number of nitrogens with zero attached hydrogens (tertiary/aromatic N) is 1. The predicted octanol–water partition coefficient (Wildman–Crippen LogP) is 2.01. The maximum atomic E-state index is 12.2. The molecule has 2 rings (SSSR count). The maximum Gasteiger partial charge on any atom is 0.322 e. The molecule has 1 aliphatic rings. The van der Waals surface area contributed by atoms with Crippen molar-refractivity contribution in [1.29, 1.82) is 0 Å². The number of carbonyl (C=O) groups excluding carboxylic acids is 1. The van der Waals surface area contributed by atoms with E-state index < -0.39 is 5.97 Å². The van der Waals surface area contributed by atoms with E-state index in [-0.39, 0.29) is 24.5 Å². The summed E-state index contributed by atoms with van der Waals surface area (Å²) in [5.41, 5.74) is 2.06. The molecule has 0 bridgehead atoms. The molecule has 1 aromatic carbocycles. The topological polar surface area (TPSA) is 69.6 Å². The van der Waals surface area contributed by atoms with Crippen molar-refractivity contribution < 1.29 is 14.7 Å². The van der Waals surface area contributed by atoms with Gasteiger partial charge < -0.3 is 10.4 Å². The highest BCUT2D eigenvalue weighted by Gasteiger charge is 2.31. The molecule has 0 spiro atoms. The van der Waals surface area contributed by atoms with Crippen LogP contribution in [0, 0.1) is 0 Å². The highest BCUT2D eigenvalue weighted by molar-refractivity contribution is 5.95. The Bertz CT molecular complexity index is 501. The lowest BCUT2D eigenvalue weighted by molar-refractivity contribution is -0.137. The van der Waals surface area contributed by atoms with Gasteiger partial charge in [0.1, 0.15) is 0 Å². The van der Waals surface area contributed by atoms with Crippen molar-refractivity contribution in [2.45, 2.75) is 38.8 Å². The summed E-state index contributed by atoms with van der Waals surface area (Å²) in [4.78, 5) is 24.5. The van der Waals surface area contributed by atoms with E-state index in [9.17, 15) is 9.59 Å². The van der Waals surface area contributed by atoms with Gasteiger partial charge in [-0.1, -0.05) is 18.2 Å². The van der Waals surface area contributed by atoms with Gasteiger partial charge in [-0.3, -0.25) is 9.69 Å². The summed E-state index contributed by atoms with van der Waals surface area (Å²) in [7, 11) is 0. The van der Waals surface area contributed by atoms with E-state index in [4.69, 9.17) is 5.11 Å². The quantitative estimate of drug-likeness (QED) is 0.875. The minimum Gasteiger partial charge on any atom is -0.481 e. The van der Waals surface area contributed by atoms with Crippen LogP contribution in [0.1, 0.15) is 25.8 Å². The highest BCUT2D eigenvalue weighted by atomic mass is 16.4. The van der Waals surface area contributed by atoms with Gasteiger partial charge in [-0.25, -0.2) is 4.79 Å². The minimum atomic E-state index is -0.914. The number of carboxylic acids is 1.